The molecular formula is C22H16N2O6S2. The number of rotatable bonds is 6. The molecule has 2 aromatic carbocycles. The molecule has 1 fully saturated rings. The van der Waals surface area contributed by atoms with Crippen molar-refractivity contribution in [3.63, 3.8) is 0 Å². The van der Waals surface area contributed by atoms with E-state index in [4.69, 9.17) is 26.1 Å². The fourth-order valence-electron chi connectivity index (χ4n) is 3.13. The summed E-state index contributed by atoms with van der Waals surface area (Å²) >= 11 is 6.57. The minimum absolute atomic E-state index is 0.0326. The quantitative estimate of drug-likeness (QED) is 0.209. The fraction of sp³-hybridized carbons (Fsp3) is 0.0909. The molecule has 0 saturated carbocycles. The third kappa shape index (κ3) is 4.10. The fourth-order valence-corrected chi connectivity index (χ4v) is 4.40. The highest BCUT2D eigenvalue weighted by Crippen LogP contribution is 2.41. The van der Waals surface area contributed by atoms with Gasteiger partial charge in [0.25, 0.3) is 11.6 Å². The molecule has 1 aliphatic heterocycles. The van der Waals surface area contributed by atoms with Gasteiger partial charge in [0, 0.05) is 29.8 Å². The van der Waals surface area contributed by atoms with Crippen LogP contribution in [0.25, 0.3) is 17.4 Å². The van der Waals surface area contributed by atoms with Crippen molar-refractivity contribution in [1.29, 1.82) is 0 Å². The number of carbonyl (C=O) groups excluding carboxylic acids is 1. The van der Waals surface area contributed by atoms with Gasteiger partial charge in [0.15, 0.2) is 4.32 Å². The smallest absolute Gasteiger partial charge is 0.271 e. The molecule has 0 aliphatic carbocycles. The van der Waals surface area contributed by atoms with Crippen molar-refractivity contribution in [2.45, 2.75) is 0 Å². The van der Waals surface area contributed by atoms with Crippen molar-refractivity contribution >= 4 is 51.7 Å². The van der Waals surface area contributed by atoms with Crippen LogP contribution in [-0.4, -0.2) is 29.4 Å². The van der Waals surface area contributed by atoms with Crippen molar-refractivity contribution in [2.24, 2.45) is 0 Å². The van der Waals surface area contributed by atoms with E-state index in [1.54, 1.807) is 55.7 Å². The van der Waals surface area contributed by atoms with E-state index in [0.29, 0.717) is 43.5 Å². The first-order chi connectivity index (χ1) is 15.4. The number of thioether (sulfide) groups is 1. The van der Waals surface area contributed by atoms with Gasteiger partial charge in [0.05, 0.1) is 29.7 Å². The lowest BCUT2D eigenvalue weighted by atomic mass is 10.1. The number of nitro benzene ring substituents is 1. The first-order valence-electron chi connectivity index (χ1n) is 9.26. The second-order valence-corrected chi connectivity index (χ2v) is 8.24. The number of benzene rings is 2. The molecule has 162 valence electrons. The molecule has 4 rings (SSSR count). The van der Waals surface area contributed by atoms with Crippen LogP contribution < -0.4 is 14.4 Å². The average molecular weight is 469 g/mol. The number of hydrogen-bond donors (Lipinski definition) is 0. The SMILES string of the molecule is COc1ccc(N2C(=O)/C(=C\c3ccc(-c4cccc([N+](=O)[O-])c4)o3)SC2=S)c(OC)c1. The van der Waals surface area contributed by atoms with Crippen LogP contribution >= 0.6 is 24.0 Å². The molecule has 10 heteroatoms. The summed E-state index contributed by atoms with van der Waals surface area (Å²) in [5.74, 6) is 1.61. The van der Waals surface area contributed by atoms with Gasteiger partial charge in [-0.15, -0.1) is 0 Å². The standard InChI is InChI=1S/C22H16N2O6S2/c1-28-15-6-8-17(19(11-15)29-2)23-21(25)20(32-22(23)31)12-16-7-9-18(30-16)13-4-3-5-14(10-13)24(26)27/h3-12H,1-2H3/b20-12+. The summed E-state index contributed by atoms with van der Waals surface area (Å²) < 4.78 is 16.8. The number of anilines is 1. The first-order valence-corrected chi connectivity index (χ1v) is 10.5. The Bertz CT molecular complexity index is 1270. The maximum Gasteiger partial charge on any atom is 0.271 e. The monoisotopic (exact) mass is 468 g/mol. The molecule has 0 bridgehead atoms. The number of carbonyl (C=O) groups is 1. The van der Waals surface area contributed by atoms with Crippen molar-refractivity contribution < 1.29 is 23.6 Å². The summed E-state index contributed by atoms with van der Waals surface area (Å²) in [6.45, 7) is 0. The summed E-state index contributed by atoms with van der Waals surface area (Å²) in [4.78, 5) is 25.4. The van der Waals surface area contributed by atoms with Gasteiger partial charge in [-0.3, -0.25) is 19.8 Å². The van der Waals surface area contributed by atoms with Gasteiger partial charge in [-0.1, -0.05) is 36.1 Å². The number of furan rings is 1. The van der Waals surface area contributed by atoms with Gasteiger partial charge in [0.2, 0.25) is 0 Å². The molecule has 0 N–H and O–H groups in total. The van der Waals surface area contributed by atoms with E-state index in [0.717, 1.165) is 11.8 Å². The molecule has 8 nitrogen and oxygen atoms in total. The van der Waals surface area contributed by atoms with Crippen LogP contribution in [0.1, 0.15) is 5.76 Å². The topological polar surface area (TPSA) is 95.0 Å². The molecule has 1 amide bonds. The number of amides is 1. The molecule has 3 aromatic rings. The molecular weight excluding hydrogens is 452 g/mol. The van der Waals surface area contributed by atoms with Crippen LogP contribution in [-0.2, 0) is 4.79 Å². The predicted molar refractivity (Wildman–Crippen MR) is 126 cm³/mol. The van der Waals surface area contributed by atoms with E-state index in [9.17, 15) is 14.9 Å². The molecule has 1 saturated heterocycles. The summed E-state index contributed by atoms with van der Waals surface area (Å²) in [7, 11) is 3.05. The first kappa shape index (κ1) is 21.6. The molecule has 0 atom stereocenters. The minimum atomic E-state index is -0.466. The molecule has 0 radical (unpaired) electrons. The number of non-ortho nitro benzene ring substituents is 1. The normalized spacial score (nSPS) is 14.8. The van der Waals surface area contributed by atoms with Crippen molar-refractivity contribution in [3.05, 3.63) is 75.4 Å². The van der Waals surface area contributed by atoms with Gasteiger partial charge in [-0.2, -0.15) is 0 Å². The lowest BCUT2D eigenvalue weighted by molar-refractivity contribution is -0.384. The highest BCUT2D eigenvalue weighted by molar-refractivity contribution is 8.27. The number of ether oxygens (including phenoxy) is 2. The minimum Gasteiger partial charge on any atom is -0.497 e. The van der Waals surface area contributed by atoms with E-state index < -0.39 is 4.92 Å². The second kappa shape index (κ2) is 8.85. The van der Waals surface area contributed by atoms with Gasteiger partial charge < -0.3 is 13.9 Å². The molecule has 0 spiro atoms. The van der Waals surface area contributed by atoms with E-state index in [-0.39, 0.29) is 11.6 Å². The van der Waals surface area contributed by atoms with Crippen LogP contribution in [0, 0.1) is 10.1 Å². The number of nitrogens with zero attached hydrogens (tertiary/aromatic N) is 2. The van der Waals surface area contributed by atoms with Crippen LogP contribution in [0.5, 0.6) is 11.5 Å². The maximum absolute atomic E-state index is 13.1. The van der Waals surface area contributed by atoms with Crippen molar-refractivity contribution in [2.75, 3.05) is 19.1 Å². The molecule has 2 heterocycles. The second-order valence-electron chi connectivity index (χ2n) is 6.56. The van der Waals surface area contributed by atoms with Crippen molar-refractivity contribution in [3.8, 4) is 22.8 Å². The summed E-state index contributed by atoms with van der Waals surface area (Å²) in [6, 6.07) is 14.6. The van der Waals surface area contributed by atoms with Gasteiger partial charge in [-0.05, 0) is 24.3 Å². The predicted octanol–water partition coefficient (Wildman–Crippen LogP) is 5.28. The zero-order valence-corrected chi connectivity index (χ0v) is 18.6. The van der Waals surface area contributed by atoms with E-state index in [2.05, 4.69) is 0 Å². The zero-order chi connectivity index (χ0) is 22.8. The lowest BCUT2D eigenvalue weighted by Crippen LogP contribution is -2.27. The van der Waals surface area contributed by atoms with E-state index >= 15 is 0 Å². The summed E-state index contributed by atoms with van der Waals surface area (Å²) in [6.07, 6.45) is 1.59. The Morgan fingerprint density at radius 1 is 1.12 bits per heavy atom. The number of hydrogen-bond acceptors (Lipinski definition) is 8. The summed E-state index contributed by atoms with van der Waals surface area (Å²) in [5.41, 5.74) is 1.04. The molecule has 0 unspecified atom stereocenters. The van der Waals surface area contributed by atoms with E-state index in [1.807, 2.05) is 0 Å². The van der Waals surface area contributed by atoms with Gasteiger partial charge in [0.1, 0.15) is 23.0 Å². The van der Waals surface area contributed by atoms with Gasteiger partial charge >= 0.3 is 0 Å². The van der Waals surface area contributed by atoms with Crippen LogP contribution in [0.3, 0.4) is 0 Å². The van der Waals surface area contributed by atoms with Crippen LogP contribution in [0.15, 0.2) is 63.9 Å². The number of methoxy groups -OCH3 is 2. The zero-order valence-electron chi connectivity index (χ0n) is 16.9. The van der Waals surface area contributed by atoms with Gasteiger partial charge in [-0.25, -0.2) is 0 Å². The highest BCUT2D eigenvalue weighted by Gasteiger charge is 2.35. The number of nitro groups is 1. The molecule has 1 aromatic heterocycles. The average Bonchev–Trinajstić information content (AvgIpc) is 3.37. The Kier molecular flexibility index (Phi) is 5.97. The summed E-state index contributed by atoms with van der Waals surface area (Å²) in [5, 5.41) is 11.0. The number of thiocarbonyl (C=S) groups is 1. The Morgan fingerprint density at radius 2 is 1.94 bits per heavy atom. The molecule has 32 heavy (non-hydrogen) atoms. The molecule has 1 aliphatic rings. The van der Waals surface area contributed by atoms with Crippen LogP contribution in [0.2, 0.25) is 0 Å². The highest BCUT2D eigenvalue weighted by atomic mass is 32.2. The Hall–Kier alpha value is -3.63. The third-order valence-corrected chi connectivity index (χ3v) is 5.97. The Balaban J connectivity index is 1.62. The van der Waals surface area contributed by atoms with Crippen molar-refractivity contribution in [1.82, 2.24) is 0 Å². The Morgan fingerprint density at radius 3 is 2.66 bits per heavy atom. The largest absolute Gasteiger partial charge is 0.497 e. The maximum atomic E-state index is 13.1. The third-order valence-electron chi connectivity index (χ3n) is 4.66. The Labute approximate surface area is 192 Å². The van der Waals surface area contributed by atoms with Crippen LogP contribution in [0.4, 0.5) is 11.4 Å². The lowest BCUT2D eigenvalue weighted by Gasteiger charge is -2.18. The van der Waals surface area contributed by atoms with E-state index in [1.165, 1.54) is 24.1 Å².